The van der Waals surface area contributed by atoms with Gasteiger partial charge in [-0.1, -0.05) is 24.6 Å². The molecule has 5 nitrogen and oxygen atoms in total. The number of aryl methyl sites for hydroxylation is 1. The van der Waals surface area contributed by atoms with Crippen LogP contribution in [0.15, 0.2) is 42.5 Å². The average Bonchev–Trinajstić information content (AvgIpc) is 2.74. The Morgan fingerprint density at radius 1 is 1.13 bits per heavy atom. The number of hydrogen-bond acceptors (Lipinski definition) is 5. The molecule has 1 aliphatic rings. The highest BCUT2D eigenvalue weighted by Crippen LogP contribution is 2.25. The predicted molar refractivity (Wildman–Crippen MR) is 125 cm³/mol. The van der Waals surface area contributed by atoms with Crippen molar-refractivity contribution < 1.29 is 14.6 Å². The largest absolute Gasteiger partial charge is 0.491 e. The van der Waals surface area contributed by atoms with Crippen LogP contribution < -0.4 is 9.64 Å². The molecule has 1 atom stereocenters. The fraction of sp³-hybridized carbons (Fsp3) is 0.435. The maximum absolute atomic E-state index is 11.7. The van der Waals surface area contributed by atoms with Gasteiger partial charge >= 0.3 is 0 Å². The Balaban J connectivity index is 0.00000320. The van der Waals surface area contributed by atoms with Crippen LogP contribution in [0.4, 0.5) is 5.69 Å². The van der Waals surface area contributed by atoms with Gasteiger partial charge < -0.3 is 14.7 Å². The Hall–Kier alpha value is -1.79. The number of rotatable bonds is 8. The molecule has 0 radical (unpaired) electrons. The van der Waals surface area contributed by atoms with Crippen LogP contribution >= 0.6 is 24.0 Å². The molecule has 0 saturated carbocycles. The second-order valence-electron chi connectivity index (χ2n) is 7.48. The summed E-state index contributed by atoms with van der Waals surface area (Å²) in [5, 5.41) is 11.1. The van der Waals surface area contributed by atoms with E-state index in [0.29, 0.717) is 24.3 Å². The third-order valence-corrected chi connectivity index (χ3v) is 5.53. The molecule has 0 aromatic heterocycles. The van der Waals surface area contributed by atoms with Crippen molar-refractivity contribution in [1.82, 2.24) is 4.90 Å². The summed E-state index contributed by atoms with van der Waals surface area (Å²) in [6.45, 7) is 8.34. The van der Waals surface area contributed by atoms with E-state index in [1.54, 1.807) is 24.3 Å². The van der Waals surface area contributed by atoms with Crippen molar-refractivity contribution in [1.29, 1.82) is 0 Å². The maximum atomic E-state index is 11.7. The average molecular weight is 453 g/mol. The molecule has 0 bridgehead atoms. The Morgan fingerprint density at radius 3 is 2.43 bits per heavy atom. The summed E-state index contributed by atoms with van der Waals surface area (Å²) >= 11 is 6.15. The lowest BCUT2D eigenvalue weighted by Crippen LogP contribution is -2.49. The first-order valence-electron chi connectivity index (χ1n) is 10.1. The SMILES string of the molecule is CCC(=O)c1ccc(OCC(O)CN2CCN(c3cc(Cl)ccc3C)CC2)cc1.Cl. The minimum atomic E-state index is -0.564. The zero-order valence-corrected chi connectivity index (χ0v) is 19.1. The van der Waals surface area contributed by atoms with Gasteiger partial charge in [0.1, 0.15) is 18.5 Å². The van der Waals surface area contributed by atoms with E-state index in [1.165, 1.54) is 11.3 Å². The molecule has 1 N–H and O–H groups in total. The van der Waals surface area contributed by atoms with Crippen molar-refractivity contribution in [2.45, 2.75) is 26.4 Å². The molecule has 7 heteroatoms. The summed E-state index contributed by atoms with van der Waals surface area (Å²) in [4.78, 5) is 16.3. The van der Waals surface area contributed by atoms with Gasteiger partial charge in [0.15, 0.2) is 5.78 Å². The molecular weight excluding hydrogens is 423 g/mol. The number of carbonyl (C=O) groups is 1. The van der Waals surface area contributed by atoms with Crippen LogP contribution in [-0.2, 0) is 0 Å². The highest BCUT2D eigenvalue weighted by molar-refractivity contribution is 6.30. The minimum absolute atomic E-state index is 0. The number of aliphatic hydroxyl groups is 1. The van der Waals surface area contributed by atoms with Crippen molar-refractivity contribution in [3.63, 3.8) is 0 Å². The first-order valence-corrected chi connectivity index (χ1v) is 10.5. The van der Waals surface area contributed by atoms with E-state index >= 15 is 0 Å². The number of piperazine rings is 1. The van der Waals surface area contributed by atoms with Crippen LogP contribution in [0.1, 0.15) is 29.3 Å². The number of benzene rings is 2. The van der Waals surface area contributed by atoms with E-state index in [9.17, 15) is 9.90 Å². The Labute approximate surface area is 190 Å². The van der Waals surface area contributed by atoms with Gasteiger partial charge in [0.05, 0.1) is 0 Å². The van der Waals surface area contributed by atoms with Crippen molar-refractivity contribution in [2.75, 3.05) is 44.2 Å². The maximum Gasteiger partial charge on any atom is 0.162 e. The summed E-state index contributed by atoms with van der Waals surface area (Å²) < 4.78 is 5.68. The van der Waals surface area contributed by atoms with Crippen LogP contribution in [0.2, 0.25) is 5.02 Å². The molecule has 3 rings (SSSR count). The number of β-amino-alcohol motifs (C(OH)–C–C–N with tert-alkyl or cyclic N) is 1. The van der Waals surface area contributed by atoms with Crippen molar-refractivity contribution >= 4 is 35.5 Å². The smallest absolute Gasteiger partial charge is 0.162 e. The molecule has 1 unspecified atom stereocenters. The first-order chi connectivity index (χ1) is 14.0. The Morgan fingerprint density at radius 2 is 1.80 bits per heavy atom. The number of ketones is 1. The number of Topliss-reactive ketones (excluding diaryl/α,β-unsaturated/α-hetero) is 1. The fourth-order valence-electron chi connectivity index (χ4n) is 3.58. The normalized spacial score (nSPS) is 15.4. The number of nitrogens with zero attached hydrogens (tertiary/aromatic N) is 2. The van der Waals surface area contributed by atoms with E-state index in [-0.39, 0.29) is 24.8 Å². The van der Waals surface area contributed by atoms with Crippen LogP contribution in [0, 0.1) is 6.92 Å². The number of hydrogen-bond donors (Lipinski definition) is 1. The number of carbonyl (C=O) groups excluding carboxylic acids is 1. The number of halogens is 2. The van der Waals surface area contributed by atoms with Gasteiger partial charge in [-0.05, 0) is 48.9 Å². The van der Waals surface area contributed by atoms with E-state index in [2.05, 4.69) is 22.8 Å². The molecule has 164 valence electrons. The monoisotopic (exact) mass is 452 g/mol. The quantitative estimate of drug-likeness (QED) is 0.607. The van der Waals surface area contributed by atoms with E-state index in [0.717, 1.165) is 31.2 Å². The molecule has 0 amide bonds. The lowest BCUT2D eigenvalue weighted by atomic mass is 10.1. The third kappa shape index (κ3) is 6.61. The van der Waals surface area contributed by atoms with Gasteiger partial charge in [0, 0.05) is 55.4 Å². The highest BCUT2D eigenvalue weighted by atomic mass is 35.5. The van der Waals surface area contributed by atoms with Crippen molar-refractivity contribution in [3.05, 3.63) is 58.6 Å². The van der Waals surface area contributed by atoms with Crippen LogP contribution in [-0.4, -0.2) is 61.2 Å². The summed E-state index contributed by atoms with van der Waals surface area (Å²) in [6, 6.07) is 13.1. The van der Waals surface area contributed by atoms with Crippen molar-refractivity contribution in [3.8, 4) is 5.75 Å². The van der Waals surface area contributed by atoms with E-state index in [4.69, 9.17) is 16.3 Å². The van der Waals surface area contributed by atoms with E-state index in [1.807, 2.05) is 19.1 Å². The van der Waals surface area contributed by atoms with Gasteiger partial charge in [-0.3, -0.25) is 9.69 Å². The topological polar surface area (TPSA) is 53.0 Å². The summed E-state index contributed by atoms with van der Waals surface area (Å²) in [5.74, 6) is 0.779. The van der Waals surface area contributed by atoms with Crippen LogP contribution in [0.25, 0.3) is 0 Å². The first kappa shape index (κ1) is 24.5. The summed E-state index contributed by atoms with van der Waals surface area (Å²) in [5.41, 5.74) is 3.10. The molecule has 1 saturated heterocycles. The van der Waals surface area contributed by atoms with E-state index < -0.39 is 6.10 Å². The zero-order valence-electron chi connectivity index (χ0n) is 17.5. The Bertz CT molecular complexity index is 822. The zero-order chi connectivity index (χ0) is 20.8. The molecule has 2 aromatic carbocycles. The summed E-state index contributed by atoms with van der Waals surface area (Å²) in [6.07, 6.45) is -0.0744. The molecule has 0 spiro atoms. The van der Waals surface area contributed by atoms with Gasteiger partial charge in [-0.2, -0.15) is 0 Å². The molecular formula is C23H30Cl2N2O3. The summed E-state index contributed by atoms with van der Waals surface area (Å²) in [7, 11) is 0. The van der Waals surface area contributed by atoms with Gasteiger partial charge in [-0.15, -0.1) is 12.4 Å². The molecule has 1 aliphatic heterocycles. The highest BCUT2D eigenvalue weighted by Gasteiger charge is 2.21. The molecule has 1 fully saturated rings. The van der Waals surface area contributed by atoms with Gasteiger partial charge in [0.25, 0.3) is 0 Å². The number of ether oxygens (including phenoxy) is 1. The molecule has 30 heavy (non-hydrogen) atoms. The third-order valence-electron chi connectivity index (χ3n) is 5.29. The second kappa shape index (κ2) is 11.6. The van der Waals surface area contributed by atoms with Gasteiger partial charge in [0.2, 0.25) is 0 Å². The lowest BCUT2D eigenvalue weighted by Gasteiger charge is -2.37. The fourth-order valence-corrected chi connectivity index (χ4v) is 3.75. The molecule has 0 aliphatic carbocycles. The standard InChI is InChI=1S/C23H29ClN2O3.ClH/c1-3-23(28)18-5-8-21(9-6-18)29-16-20(27)15-25-10-12-26(13-11-25)22-14-19(24)7-4-17(22)2;/h4-9,14,20,27H,3,10-13,15-16H2,1-2H3;1H. The second-order valence-corrected chi connectivity index (χ2v) is 7.92. The Kier molecular flexibility index (Phi) is 9.43. The lowest BCUT2D eigenvalue weighted by molar-refractivity contribution is 0.0663. The molecule has 2 aromatic rings. The minimum Gasteiger partial charge on any atom is -0.491 e. The number of anilines is 1. The van der Waals surface area contributed by atoms with Crippen molar-refractivity contribution in [2.24, 2.45) is 0 Å². The predicted octanol–water partition coefficient (Wildman–Crippen LogP) is 4.22. The van der Waals surface area contributed by atoms with Gasteiger partial charge in [-0.25, -0.2) is 0 Å². The number of aliphatic hydroxyl groups excluding tert-OH is 1. The molecule has 1 heterocycles. The van der Waals surface area contributed by atoms with Crippen LogP contribution in [0.3, 0.4) is 0 Å². The van der Waals surface area contributed by atoms with Crippen LogP contribution in [0.5, 0.6) is 5.75 Å².